The molecule has 2 aliphatic heterocycles. The van der Waals surface area contributed by atoms with Gasteiger partial charge < -0.3 is 19.0 Å². The molecular formula is C24H20BrN3O6. The van der Waals surface area contributed by atoms with Crippen LogP contribution in [0.25, 0.3) is 6.08 Å². The molecule has 2 aromatic carbocycles. The Kier molecular flexibility index (Phi) is 6.51. The minimum atomic E-state index is -0.591. The standard InChI is InChI=1S/C24H20BrN3O6/c1-4-32-19-11-14(9-17-22(26)28-20(27-23(17)29)8-13(2)34-28)10-18(25)21(19)33-24(30)15-6-5-7-16(12-15)31-3/h5-12,26H,4H2,1-3H3/b17-9-,26-22?. The zero-order valence-corrected chi connectivity index (χ0v) is 20.1. The van der Waals surface area contributed by atoms with Crippen LogP contribution in [0.4, 0.5) is 0 Å². The van der Waals surface area contributed by atoms with Crippen LogP contribution in [0, 0.1) is 5.41 Å². The largest absolute Gasteiger partial charge is 0.497 e. The number of benzene rings is 2. The quantitative estimate of drug-likeness (QED) is 0.335. The van der Waals surface area contributed by atoms with Crippen LogP contribution in [0.2, 0.25) is 0 Å². The van der Waals surface area contributed by atoms with Crippen molar-refractivity contribution in [2.75, 3.05) is 13.7 Å². The zero-order valence-electron chi connectivity index (χ0n) is 18.5. The lowest BCUT2D eigenvalue weighted by molar-refractivity contribution is -0.114. The van der Waals surface area contributed by atoms with Crippen molar-refractivity contribution in [1.29, 1.82) is 5.41 Å². The molecule has 2 heterocycles. The first-order chi connectivity index (χ1) is 16.3. The van der Waals surface area contributed by atoms with Gasteiger partial charge in [0.1, 0.15) is 11.5 Å². The second-order valence-corrected chi connectivity index (χ2v) is 8.06. The van der Waals surface area contributed by atoms with Gasteiger partial charge in [-0.1, -0.05) is 6.07 Å². The van der Waals surface area contributed by atoms with Crippen LogP contribution in [0.15, 0.2) is 63.3 Å². The maximum atomic E-state index is 12.7. The molecular weight excluding hydrogens is 506 g/mol. The maximum Gasteiger partial charge on any atom is 0.343 e. The Morgan fingerprint density at radius 3 is 2.82 bits per heavy atom. The summed E-state index contributed by atoms with van der Waals surface area (Å²) in [5.74, 6) is 0.504. The summed E-state index contributed by atoms with van der Waals surface area (Å²) in [6.07, 6.45) is 3.08. The molecule has 0 atom stereocenters. The lowest BCUT2D eigenvalue weighted by Crippen LogP contribution is -2.38. The van der Waals surface area contributed by atoms with Crippen LogP contribution in [-0.4, -0.2) is 42.3 Å². The van der Waals surface area contributed by atoms with E-state index in [4.69, 9.17) is 24.5 Å². The molecule has 0 saturated carbocycles. The summed E-state index contributed by atoms with van der Waals surface area (Å²) in [6, 6.07) is 9.86. The summed E-state index contributed by atoms with van der Waals surface area (Å²) >= 11 is 3.42. The van der Waals surface area contributed by atoms with Crippen LogP contribution in [0.3, 0.4) is 0 Å². The number of halogens is 1. The number of rotatable bonds is 6. The molecule has 0 bridgehead atoms. The number of amidine groups is 2. The number of allylic oxidation sites excluding steroid dienone is 1. The molecule has 0 fully saturated rings. The van der Waals surface area contributed by atoms with E-state index in [0.717, 1.165) is 0 Å². The predicted molar refractivity (Wildman–Crippen MR) is 128 cm³/mol. The SMILES string of the molecule is CCOc1cc(/C=C2/C(=N)N3OC(C)=CC3=NC2=O)cc(Br)c1OC(=O)c1cccc(OC)c1. The number of esters is 1. The van der Waals surface area contributed by atoms with Crippen LogP contribution in [0.5, 0.6) is 17.2 Å². The average Bonchev–Trinajstić information content (AvgIpc) is 3.19. The summed E-state index contributed by atoms with van der Waals surface area (Å²) in [7, 11) is 1.51. The van der Waals surface area contributed by atoms with Crippen molar-refractivity contribution in [3.05, 3.63) is 69.4 Å². The molecule has 4 rings (SSSR count). The number of methoxy groups -OCH3 is 1. The molecule has 1 N–H and O–H groups in total. The number of carbonyl (C=O) groups is 2. The highest BCUT2D eigenvalue weighted by atomic mass is 79.9. The van der Waals surface area contributed by atoms with E-state index in [1.165, 1.54) is 18.2 Å². The normalized spacial score (nSPS) is 16.0. The van der Waals surface area contributed by atoms with Gasteiger partial charge in [0.05, 0.1) is 29.3 Å². The van der Waals surface area contributed by atoms with E-state index in [9.17, 15) is 9.59 Å². The van der Waals surface area contributed by atoms with E-state index >= 15 is 0 Å². The lowest BCUT2D eigenvalue weighted by Gasteiger charge is -2.23. The Balaban J connectivity index is 1.66. The van der Waals surface area contributed by atoms with Crippen LogP contribution >= 0.6 is 15.9 Å². The minimum absolute atomic E-state index is 0.0438. The van der Waals surface area contributed by atoms with Gasteiger partial charge in [-0.25, -0.2) is 4.79 Å². The molecule has 34 heavy (non-hydrogen) atoms. The molecule has 0 aromatic heterocycles. The Bertz CT molecular complexity index is 1300. The minimum Gasteiger partial charge on any atom is -0.497 e. The average molecular weight is 526 g/mol. The van der Waals surface area contributed by atoms with Gasteiger partial charge in [-0.3, -0.25) is 10.2 Å². The van der Waals surface area contributed by atoms with Gasteiger partial charge in [-0.15, -0.1) is 5.06 Å². The van der Waals surface area contributed by atoms with Crippen LogP contribution in [-0.2, 0) is 9.63 Å². The van der Waals surface area contributed by atoms with Gasteiger partial charge in [0.25, 0.3) is 5.91 Å². The highest BCUT2D eigenvalue weighted by Gasteiger charge is 2.34. The third-order valence-electron chi connectivity index (χ3n) is 4.82. The molecule has 2 aromatic rings. The molecule has 174 valence electrons. The Morgan fingerprint density at radius 1 is 1.29 bits per heavy atom. The van der Waals surface area contributed by atoms with Gasteiger partial charge in [0, 0.05) is 6.08 Å². The monoisotopic (exact) mass is 525 g/mol. The van der Waals surface area contributed by atoms with Crippen molar-refractivity contribution < 1.29 is 28.6 Å². The molecule has 2 aliphatic rings. The van der Waals surface area contributed by atoms with Crippen LogP contribution < -0.4 is 14.2 Å². The lowest BCUT2D eigenvalue weighted by atomic mass is 10.1. The highest BCUT2D eigenvalue weighted by molar-refractivity contribution is 9.10. The van der Waals surface area contributed by atoms with E-state index in [0.29, 0.717) is 33.7 Å². The van der Waals surface area contributed by atoms with E-state index in [-0.39, 0.29) is 28.7 Å². The Morgan fingerprint density at radius 2 is 2.09 bits per heavy atom. The smallest absolute Gasteiger partial charge is 0.343 e. The number of hydrogen-bond donors (Lipinski definition) is 1. The number of hydrogen-bond acceptors (Lipinski definition) is 7. The van der Waals surface area contributed by atoms with E-state index < -0.39 is 11.9 Å². The van der Waals surface area contributed by atoms with E-state index in [1.54, 1.807) is 56.3 Å². The Labute approximate surface area is 203 Å². The summed E-state index contributed by atoms with van der Waals surface area (Å²) in [5.41, 5.74) is 0.888. The fraction of sp³-hybridized carbons (Fsp3) is 0.167. The van der Waals surface area contributed by atoms with Crippen molar-refractivity contribution in [2.45, 2.75) is 13.8 Å². The van der Waals surface area contributed by atoms with E-state index in [2.05, 4.69) is 20.9 Å². The second kappa shape index (κ2) is 9.52. The van der Waals surface area contributed by atoms with Gasteiger partial charge in [-0.2, -0.15) is 4.99 Å². The number of fused-ring (bicyclic) bond motifs is 1. The number of amides is 1. The van der Waals surface area contributed by atoms with Crippen molar-refractivity contribution in [2.24, 2.45) is 4.99 Å². The third kappa shape index (κ3) is 4.58. The summed E-state index contributed by atoms with van der Waals surface area (Å²) in [5, 5.41) is 9.56. The van der Waals surface area contributed by atoms with Crippen molar-refractivity contribution >= 4 is 45.6 Å². The van der Waals surface area contributed by atoms with Gasteiger partial charge in [0.2, 0.25) is 0 Å². The number of hydroxylamine groups is 2. The second-order valence-electron chi connectivity index (χ2n) is 7.21. The molecule has 9 nitrogen and oxygen atoms in total. The zero-order chi connectivity index (χ0) is 24.4. The van der Waals surface area contributed by atoms with E-state index in [1.807, 2.05) is 0 Å². The van der Waals surface area contributed by atoms with Gasteiger partial charge in [0.15, 0.2) is 23.2 Å². The molecule has 10 heteroatoms. The number of aliphatic imine (C=N–C) groups is 1. The summed E-state index contributed by atoms with van der Waals surface area (Å²) in [4.78, 5) is 34.7. The van der Waals surface area contributed by atoms with Crippen molar-refractivity contribution in [3.63, 3.8) is 0 Å². The molecule has 0 unspecified atom stereocenters. The molecule has 1 amide bonds. The topological polar surface area (TPSA) is 111 Å². The summed E-state index contributed by atoms with van der Waals surface area (Å²) < 4.78 is 16.9. The predicted octanol–water partition coefficient (Wildman–Crippen LogP) is 4.53. The van der Waals surface area contributed by atoms with Crippen molar-refractivity contribution in [1.82, 2.24) is 5.06 Å². The van der Waals surface area contributed by atoms with Gasteiger partial charge >= 0.3 is 5.97 Å². The number of nitrogens with zero attached hydrogens (tertiary/aromatic N) is 2. The molecule has 0 radical (unpaired) electrons. The third-order valence-corrected chi connectivity index (χ3v) is 5.41. The first-order valence-corrected chi connectivity index (χ1v) is 11.0. The molecule has 0 saturated heterocycles. The number of carbonyl (C=O) groups excluding carboxylic acids is 2. The number of nitrogens with one attached hydrogen (secondary N) is 1. The number of ether oxygens (including phenoxy) is 3. The fourth-order valence-electron chi connectivity index (χ4n) is 3.30. The van der Waals surface area contributed by atoms with Crippen molar-refractivity contribution in [3.8, 4) is 17.2 Å². The summed E-state index contributed by atoms with van der Waals surface area (Å²) in [6.45, 7) is 3.81. The first kappa shape index (κ1) is 23.2. The Hall–Kier alpha value is -3.92. The van der Waals surface area contributed by atoms with Gasteiger partial charge in [-0.05, 0) is 71.7 Å². The highest BCUT2D eigenvalue weighted by Crippen LogP contribution is 2.38. The maximum absolute atomic E-state index is 12.7. The molecule has 0 spiro atoms. The molecule has 0 aliphatic carbocycles. The first-order valence-electron chi connectivity index (χ1n) is 10.2. The van der Waals surface area contributed by atoms with Crippen LogP contribution in [0.1, 0.15) is 29.8 Å². The fourth-order valence-corrected chi connectivity index (χ4v) is 3.84.